The van der Waals surface area contributed by atoms with E-state index in [1.165, 1.54) is 4.80 Å². The number of pyridine rings is 1. The molecular formula is C21H22N8O2. The van der Waals surface area contributed by atoms with Crippen molar-refractivity contribution in [2.75, 3.05) is 12.3 Å². The number of nitrogens with zero attached hydrogens (tertiary/aromatic N) is 7. The summed E-state index contributed by atoms with van der Waals surface area (Å²) < 4.78 is 7.58. The van der Waals surface area contributed by atoms with Crippen LogP contribution in [0.2, 0.25) is 0 Å². The van der Waals surface area contributed by atoms with Crippen LogP contribution in [0.15, 0.2) is 36.9 Å². The highest BCUT2D eigenvalue weighted by atomic mass is 16.5. The van der Waals surface area contributed by atoms with E-state index in [2.05, 4.69) is 25.1 Å². The van der Waals surface area contributed by atoms with Gasteiger partial charge in [0.15, 0.2) is 11.6 Å². The number of nitrogens with two attached hydrogens (primary N) is 1. The summed E-state index contributed by atoms with van der Waals surface area (Å²) >= 11 is 0. The number of carbonyl (C=O) groups excluding carboxylic acids is 1. The number of imidazole rings is 1. The van der Waals surface area contributed by atoms with Crippen LogP contribution in [0, 0.1) is 6.92 Å². The van der Waals surface area contributed by atoms with Gasteiger partial charge in [-0.05, 0) is 38.3 Å². The Morgan fingerprint density at radius 3 is 2.87 bits per heavy atom. The molecule has 0 bridgehead atoms. The number of aryl methyl sites for hydroxylation is 1. The van der Waals surface area contributed by atoms with E-state index < -0.39 is 0 Å². The maximum atomic E-state index is 12.9. The van der Waals surface area contributed by atoms with Crippen LogP contribution in [-0.2, 0) is 4.74 Å². The molecule has 0 aliphatic carbocycles. The maximum Gasteiger partial charge on any atom is 0.202 e. The third kappa shape index (κ3) is 3.66. The molecule has 1 aliphatic heterocycles. The molecule has 5 heterocycles. The molecule has 10 nitrogen and oxygen atoms in total. The van der Waals surface area contributed by atoms with E-state index >= 15 is 0 Å². The smallest absolute Gasteiger partial charge is 0.202 e. The monoisotopic (exact) mass is 418 g/mol. The Labute approximate surface area is 178 Å². The van der Waals surface area contributed by atoms with Crippen LogP contribution >= 0.6 is 0 Å². The van der Waals surface area contributed by atoms with E-state index in [0.717, 1.165) is 36.4 Å². The SMILES string of the molecule is Cc1cnc2ccc(-c3nc(C(=O)CC[C@H]4CCCO4)c(N)nc3-n3nccn3)cn12. The zero-order valence-corrected chi connectivity index (χ0v) is 17.1. The normalized spacial score (nSPS) is 16.2. The van der Waals surface area contributed by atoms with E-state index in [9.17, 15) is 4.79 Å². The number of hydrogen-bond donors (Lipinski definition) is 1. The minimum Gasteiger partial charge on any atom is -0.382 e. The Kier molecular flexibility index (Phi) is 4.91. The average molecular weight is 418 g/mol. The summed E-state index contributed by atoms with van der Waals surface area (Å²) in [6, 6.07) is 3.77. The first-order chi connectivity index (χ1) is 15.1. The molecule has 4 aromatic rings. The van der Waals surface area contributed by atoms with Gasteiger partial charge in [-0.15, -0.1) is 4.80 Å². The largest absolute Gasteiger partial charge is 0.382 e. The van der Waals surface area contributed by atoms with E-state index in [-0.39, 0.29) is 23.4 Å². The predicted octanol–water partition coefficient (Wildman–Crippen LogP) is 2.40. The van der Waals surface area contributed by atoms with Crippen LogP contribution in [0.1, 0.15) is 41.9 Å². The van der Waals surface area contributed by atoms with E-state index in [0.29, 0.717) is 24.4 Å². The lowest BCUT2D eigenvalue weighted by molar-refractivity contribution is 0.0856. The van der Waals surface area contributed by atoms with Gasteiger partial charge >= 0.3 is 0 Å². The summed E-state index contributed by atoms with van der Waals surface area (Å²) in [7, 11) is 0. The summed E-state index contributed by atoms with van der Waals surface area (Å²) in [5, 5.41) is 8.35. The number of carbonyl (C=O) groups is 1. The highest BCUT2D eigenvalue weighted by Gasteiger charge is 2.23. The van der Waals surface area contributed by atoms with E-state index in [1.807, 2.05) is 29.7 Å². The van der Waals surface area contributed by atoms with Gasteiger partial charge in [-0.25, -0.2) is 15.0 Å². The van der Waals surface area contributed by atoms with Gasteiger partial charge in [0.25, 0.3) is 0 Å². The first kappa shape index (κ1) is 19.3. The molecule has 0 radical (unpaired) electrons. The molecule has 1 saturated heterocycles. The minimum absolute atomic E-state index is 0.0632. The molecule has 158 valence electrons. The number of ketones is 1. The fraction of sp³-hybridized carbons (Fsp3) is 0.333. The molecule has 1 atom stereocenters. The topological polar surface area (TPSA) is 126 Å². The van der Waals surface area contributed by atoms with Crippen LogP contribution in [0.25, 0.3) is 22.7 Å². The standard InChI is InChI=1S/C21H22N8O2/c1-13-11-23-17-7-4-14(12-28(13)17)18-21(29-24-8-9-25-29)27-20(22)19(26-18)16(30)6-5-15-3-2-10-31-15/h4,7-9,11-12,15H,2-3,5-6,10H2,1H3,(H2,22,27)/t15-/m1/s1. The third-order valence-electron chi connectivity index (χ3n) is 5.46. The number of anilines is 1. The zero-order chi connectivity index (χ0) is 21.4. The molecule has 0 spiro atoms. The van der Waals surface area contributed by atoms with Crippen molar-refractivity contribution >= 4 is 17.2 Å². The highest BCUT2D eigenvalue weighted by molar-refractivity contribution is 5.99. The van der Waals surface area contributed by atoms with Crippen molar-refractivity contribution < 1.29 is 9.53 Å². The second-order valence-corrected chi connectivity index (χ2v) is 7.59. The summed E-state index contributed by atoms with van der Waals surface area (Å²) in [6.07, 6.45) is 9.89. The van der Waals surface area contributed by atoms with Gasteiger partial charge in [-0.3, -0.25) is 4.79 Å². The maximum absolute atomic E-state index is 12.9. The van der Waals surface area contributed by atoms with Crippen molar-refractivity contribution in [3.05, 3.63) is 48.3 Å². The molecule has 5 rings (SSSR count). The molecule has 0 aromatic carbocycles. The average Bonchev–Trinajstić information content (AvgIpc) is 3.55. The summed E-state index contributed by atoms with van der Waals surface area (Å²) in [6.45, 7) is 2.72. The lowest BCUT2D eigenvalue weighted by Crippen LogP contribution is -2.16. The van der Waals surface area contributed by atoms with Crippen molar-refractivity contribution in [3.63, 3.8) is 0 Å². The summed E-state index contributed by atoms with van der Waals surface area (Å²) in [5.41, 5.74) is 9.33. The van der Waals surface area contributed by atoms with Gasteiger partial charge in [0.1, 0.15) is 17.0 Å². The van der Waals surface area contributed by atoms with Crippen molar-refractivity contribution in [2.45, 2.75) is 38.7 Å². The van der Waals surface area contributed by atoms with Crippen LogP contribution < -0.4 is 5.73 Å². The number of ether oxygens (including phenoxy) is 1. The van der Waals surface area contributed by atoms with Gasteiger partial charge < -0.3 is 14.9 Å². The molecule has 0 amide bonds. The van der Waals surface area contributed by atoms with Gasteiger partial charge in [-0.1, -0.05) is 0 Å². The molecule has 31 heavy (non-hydrogen) atoms. The van der Waals surface area contributed by atoms with Gasteiger partial charge in [0.05, 0.1) is 18.5 Å². The first-order valence-electron chi connectivity index (χ1n) is 10.2. The van der Waals surface area contributed by atoms with E-state index in [4.69, 9.17) is 10.5 Å². The number of fused-ring (bicyclic) bond motifs is 1. The van der Waals surface area contributed by atoms with Crippen molar-refractivity contribution in [1.29, 1.82) is 0 Å². The second-order valence-electron chi connectivity index (χ2n) is 7.59. The highest BCUT2D eigenvalue weighted by Crippen LogP contribution is 2.27. The molecule has 0 unspecified atom stereocenters. The minimum atomic E-state index is -0.151. The molecule has 0 saturated carbocycles. The van der Waals surface area contributed by atoms with E-state index in [1.54, 1.807) is 18.6 Å². The molecule has 4 aromatic heterocycles. The van der Waals surface area contributed by atoms with Crippen molar-refractivity contribution in [1.82, 2.24) is 34.3 Å². The Balaban J connectivity index is 1.57. The first-order valence-corrected chi connectivity index (χ1v) is 10.2. The quantitative estimate of drug-likeness (QED) is 0.473. The lowest BCUT2D eigenvalue weighted by atomic mass is 10.1. The number of aromatic nitrogens is 7. The number of hydrogen-bond acceptors (Lipinski definition) is 8. The fourth-order valence-corrected chi connectivity index (χ4v) is 3.83. The van der Waals surface area contributed by atoms with Crippen LogP contribution in [-0.4, -0.2) is 52.8 Å². The Bertz CT molecular complexity index is 1240. The number of rotatable bonds is 6. The van der Waals surface area contributed by atoms with Gasteiger partial charge in [0, 0.05) is 36.7 Å². The number of nitrogen functional groups attached to an aromatic ring is 1. The van der Waals surface area contributed by atoms with Crippen LogP contribution in [0.5, 0.6) is 0 Å². The van der Waals surface area contributed by atoms with Gasteiger partial charge in [0.2, 0.25) is 5.82 Å². The Hall–Kier alpha value is -3.66. The van der Waals surface area contributed by atoms with Crippen molar-refractivity contribution in [3.8, 4) is 17.1 Å². The molecule has 1 aliphatic rings. The number of Topliss-reactive ketones (excluding diaryl/α,β-unsaturated/α-hetero) is 1. The fourth-order valence-electron chi connectivity index (χ4n) is 3.83. The second kappa shape index (κ2) is 7.88. The van der Waals surface area contributed by atoms with Crippen LogP contribution in [0.3, 0.4) is 0 Å². The van der Waals surface area contributed by atoms with Crippen LogP contribution in [0.4, 0.5) is 5.82 Å². The predicted molar refractivity (Wildman–Crippen MR) is 113 cm³/mol. The summed E-state index contributed by atoms with van der Waals surface area (Å²) in [5.74, 6) is 0.269. The van der Waals surface area contributed by atoms with Crippen molar-refractivity contribution in [2.24, 2.45) is 0 Å². The Morgan fingerprint density at radius 2 is 2.10 bits per heavy atom. The third-order valence-corrected chi connectivity index (χ3v) is 5.46. The van der Waals surface area contributed by atoms with Gasteiger partial charge in [-0.2, -0.15) is 10.2 Å². The molecule has 2 N–H and O–H groups in total. The molecule has 10 heteroatoms. The zero-order valence-electron chi connectivity index (χ0n) is 17.1. The molecular weight excluding hydrogens is 396 g/mol. The summed E-state index contributed by atoms with van der Waals surface area (Å²) in [4.78, 5) is 27.8. The Morgan fingerprint density at radius 1 is 1.26 bits per heavy atom. The molecule has 1 fully saturated rings. The lowest BCUT2D eigenvalue weighted by Gasteiger charge is -2.13.